The summed E-state index contributed by atoms with van der Waals surface area (Å²) in [7, 11) is 0. The van der Waals surface area contributed by atoms with Gasteiger partial charge >= 0.3 is 6.03 Å². The van der Waals surface area contributed by atoms with Gasteiger partial charge in [0.25, 0.3) is 5.91 Å². The predicted octanol–water partition coefficient (Wildman–Crippen LogP) is 4.86. The van der Waals surface area contributed by atoms with Crippen LogP contribution < -0.4 is 21.3 Å². The fraction of sp³-hybridized carbons (Fsp3) is 0.179. The zero-order chi connectivity index (χ0) is 24.6. The monoisotopic (exact) mass is 468 g/mol. The van der Waals surface area contributed by atoms with Crippen LogP contribution in [-0.2, 0) is 11.3 Å². The van der Waals surface area contributed by atoms with Crippen molar-refractivity contribution in [3.8, 4) is 0 Å². The second kappa shape index (κ2) is 11.2. The van der Waals surface area contributed by atoms with Crippen LogP contribution in [0, 0.1) is 6.92 Å². The number of aryl methyl sites for hydroxylation is 1. The minimum Gasteiger partial charge on any atom is -0.349 e. The summed E-state index contributed by atoms with van der Waals surface area (Å²) < 4.78 is 0. The Hall–Kier alpha value is -4.39. The maximum Gasteiger partial charge on any atom is 0.323 e. The first-order valence-electron chi connectivity index (χ1n) is 11.5. The molecule has 0 heterocycles. The number of hydrogen-bond acceptors (Lipinski definition) is 3. The van der Waals surface area contributed by atoms with Gasteiger partial charge in [-0.3, -0.25) is 9.59 Å². The van der Waals surface area contributed by atoms with Crippen LogP contribution >= 0.6 is 0 Å². The van der Waals surface area contributed by atoms with Gasteiger partial charge in [-0.05, 0) is 78.9 Å². The lowest BCUT2D eigenvalue weighted by Crippen LogP contribution is -2.25. The molecule has 1 saturated carbocycles. The molecule has 4 amide bonds. The summed E-state index contributed by atoms with van der Waals surface area (Å²) >= 11 is 0. The highest BCUT2D eigenvalue weighted by atomic mass is 16.2. The molecule has 0 atom stereocenters. The lowest BCUT2D eigenvalue weighted by molar-refractivity contribution is -0.116. The van der Waals surface area contributed by atoms with E-state index in [1.165, 1.54) is 6.08 Å². The Bertz CT molecular complexity index is 1250. The van der Waals surface area contributed by atoms with Crippen molar-refractivity contribution in [2.45, 2.75) is 32.4 Å². The average molecular weight is 469 g/mol. The van der Waals surface area contributed by atoms with Crippen molar-refractivity contribution in [3.05, 3.63) is 101 Å². The molecule has 178 valence electrons. The van der Waals surface area contributed by atoms with E-state index in [0.717, 1.165) is 29.5 Å². The Morgan fingerprint density at radius 1 is 0.886 bits per heavy atom. The summed E-state index contributed by atoms with van der Waals surface area (Å²) in [5.74, 6) is -0.304. The normalized spacial score (nSPS) is 12.7. The molecule has 35 heavy (non-hydrogen) atoms. The van der Waals surface area contributed by atoms with Gasteiger partial charge in [0.2, 0.25) is 5.91 Å². The Labute approximate surface area is 204 Å². The maximum atomic E-state index is 12.3. The molecule has 1 fully saturated rings. The molecule has 0 aromatic heterocycles. The van der Waals surface area contributed by atoms with Crippen molar-refractivity contribution in [3.63, 3.8) is 0 Å². The Kier molecular flexibility index (Phi) is 7.57. The third-order valence-electron chi connectivity index (χ3n) is 5.44. The Morgan fingerprint density at radius 2 is 1.57 bits per heavy atom. The van der Waals surface area contributed by atoms with E-state index in [1.54, 1.807) is 24.3 Å². The van der Waals surface area contributed by atoms with Crippen molar-refractivity contribution in [2.24, 2.45) is 0 Å². The molecule has 0 bridgehead atoms. The third-order valence-corrected chi connectivity index (χ3v) is 5.44. The number of rotatable bonds is 8. The zero-order valence-corrected chi connectivity index (χ0v) is 19.5. The predicted molar refractivity (Wildman–Crippen MR) is 138 cm³/mol. The van der Waals surface area contributed by atoms with Crippen LogP contribution in [0.25, 0.3) is 6.08 Å². The summed E-state index contributed by atoms with van der Waals surface area (Å²) in [4.78, 5) is 36.6. The molecule has 7 heteroatoms. The molecule has 0 saturated heterocycles. The molecule has 7 nitrogen and oxygen atoms in total. The largest absolute Gasteiger partial charge is 0.349 e. The fourth-order valence-electron chi connectivity index (χ4n) is 3.44. The van der Waals surface area contributed by atoms with E-state index >= 15 is 0 Å². The maximum absolute atomic E-state index is 12.3. The summed E-state index contributed by atoms with van der Waals surface area (Å²) in [6, 6.07) is 22.0. The van der Waals surface area contributed by atoms with E-state index in [2.05, 4.69) is 21.3 Å². The number of benzene rings is 3. The molecular formula is C28H28N4O3. The summed E-state index contributed by atoms with van der Waals surface area (Å²) in [6.45, 7) is 2.28. The first kappa shape index (κ1) is 23.8. The molecule has 4 N–H and O–H groups in total. The number of nitrogens with one attached hydrogen (secondary N) is 4. The minimum absolute atomic E-state index is 0.0647. The standard InChI is InChI=1S/C28H28N4O3/c1-19-4-2-6-24(16-19)31-28(35)32-25-7-3-5-21(17-25)18-29-26(33)15-10-20-8-11-22(12-9-20)27(34)30-23-13-14-23/h2-12,15-17,23H,13-14,18H2,1H3,(H,29,33)(H,30,34)(H2,31,32,35)/b15-10+. The molecule has 0 radical (unpaired) electrons. The van der Waals surface area contributed by atoms with E-state index in [1.807, 2.05) is 61.5 Å². The van der Waals surface area contributed by atoms with Gasteiger partial charge in [0.1, 0.15) is 0 Å². The van der Waals surface area contributed by atoms with Gasteiger partial charge in [0.05, 0.1) is 0 Å². The number of urea groups is 1. The van der Waals surface area contributed by atoms with Crippen molar-refractivity contribution in [1.29, 1.82) is 0 Å². The van der Waals surface area contributed by atoms with Gasteiger partial charge in [0, 0.05) is 35.6 Å². The minimum atomic E-state index is -0.337. The van der Waals surface area contributed by atoms with Crippen molar-refractivity contribution < 1.29 is 14.4 Å². The third kappa shape index (κ3) is 7.57. The van der Waals surface area contributed by atoms with E-state index in [9.17, 15) is 14.4 Å². The van der Waals surface area contributed by atoms with Crippen LogP contribution in [0.5, 0.6) is 0 Å². The number of anilines is 2. The molecule has 3 aromatic carbocycles. The lowest BCUT2D eigenvalue weighted by Gasteiger charge is -2.10. The average Bonchev–Trinajstić information content (AvgIpc) is 3.66. The lowest BCUT2D eigenvalue weighted by atomic mass is 10.1. The highest BCUT2D eigenvalue weighted by Gasteiger charge is 2.23. The highest BCUT2D eigenvalue weighted by molar-refractivity contribution is 6.00. The molecule has 4 rings (SSSR count). The molecule has 1 aliphatic rings. The molecular weight excluding hydrogens is 440 g/mol. The van der Waals surface area contributed by atoms with E-state index in [4.69, 9.17) is 0 Å². The fourth-order valence-corrected chi connectivity index (χ4v) is 3.44. The first-order chi connectivity index (χ1) is 16.9. The topological polar surface area (TPSA) is 99.3 Å². The Morgan fingerprint density at radius 3 is 2.26 bits per heavy atom. The number of amides is 4. The van der Waals surface area contributed by atoms with Crippen LogP contribution in [0.15, 0.2) is 78.9 Å². The van der Waals surface area contributed by atoms with Crippen LogP contribution in [0.3, 0.4) is 0 Å². The van der Waals surface area contributed by atoms with Crippen molar-refractivity contribution >= 4 is 35.3 Å². The molecule has 1 aliphatic carbocycles. The molecule has 3 aromatic rings. The van der Waals surface area contributed by atoms with E-state index in [-0.39, 0.29) is 17.8 Å². The van der Waals surface area contributed by atoms with Gasteiger partial charge in [-0.15, -0.1) is 0 Å². The van der Waals surface area contributed by atoms with Crippen LogP contribution in [0.4, 0.5) is 16.2 Å². The number of carbonyl (C=O) groups excluding carboxylic acids is 3. The molecule has 0 unspecified atom stereocenters. The summed E-state index contributed by atoms with van der Waals surface area (Å²) in [6.07, 6.45) is 5.25. The zero-order valence-electron chi connectivity index (χ0n) is 19.5. The van der Waals surface area contributed by atoms with Gasteiger partial charge in [-0.2, -0.15) is 0 Å². The van der Waals surface area contributed by atoms with Gasteiger partial charge in [-0.25, -0.2) is 4.79 Å². The second-order valence-corrected chi connectivity index (χ2v) is 8.57. The smallest absolute Gasteiger partial charge is 0.323 e. The Balaban J connectivity index is 1.24. The van der Waals surface area contributed by atoms with Crippen LogP contribution in [-0.4, -0.2) is 23.9 Å². The van der Waals surface area contributed by atoms with E-state index < -0.39 is 0 Å². The van der Waals surface area contributed by atoms with E-state index in [0.29, 0.717) is 29.5 Å². The van der Waals surface area contributed by atoms with Crippen molar-refractivity contribution in [1.82, 2.24) is 10.6 Å². The SMILES string of the molecule is Cc1cccc(NC(=O)Nc2cccc(CNC(=O)/C=C/c3ccc(C(=O)NC4CC4)cc3)c2)c1. The number of carbonyl (C=O) groups is 3. The van der Waals surface area contributed by atoms with Gasteiger partial charge < -0.3 is 21.3 Å². The van der Waals surface area contributed by atoms with Crippen LogP contribution in [0.1, 0.15) is 39.9 Å². The van der Waals surface area contributed by atoms with Crippen molar-refractivity contribution in [2.75, 3.05) is 10.6 Å². The number of hydrogen-bond donors (Lipinski definition) is 4. The second-order valence-electron chi connectivity index (χ2n) is 8.57. The highest BCUT2D eigenvalue weighted by Crippen LogP contribution is 2.19. The quantitative estimate of drug-likeness (QED) is 0.355. The summed E-state index contributed by atoms with van der Waals surface area (Å²) in [5, 5.41) is 11.4. The molecule has 0 spiro atoms. The first-order valence-corrected chi connectivity index (χ1v) is 11.5. The van der Waals surface area contributed by atoms with Gasteiger partial charge in [0.15, 0.2) is 0 Å². The summed E-state index contributed by atoms with van der Waals surface area (Å²) in [5.41, 5.74) is 4.69. The van der Waals surface area contributed by atoms with Gasteiger partial charge in [-0.1, -0.05) is 36.4 Å². The van der Waals surface area contributed by atoms with Crippen LogP contribution in [0.2, 0.25) is 0 Å². The molecule has 0 aliphatic heterocycles.